The van der Waals surface area contributed by atoms with E-state index in [4.69, 9.17) is 9.97 Å². The fourth-order valence-corrected chi connectivity index (χ4v) is 9.93. The molecular formula is C52H32N4S. The van der Waals surface area contributed by atoms with Crippen molar-refractivity contribution in [2.24, 2.45) is 0 Å². The molecule has 4 nitrogen and oxygen atoms in total. The maximum atomic E-state index is 5.43. The summed E-state index contributed by atoms with van der Waals surface area (Å²) in [5, 5.41) is 7.29. The number of rotatable bonds is 5. The molecule has 0 amide bonds. The van der Waals surface area contributed by atoms with E-state index in [0.717, 1.165) is 50.0 Å². The first-order chi connectivity index (χ1) is 28.3. The molecule has 0 aliphatic heterocycles. The van der Waals surface area contributed by atoms with E-state index in [9.17, 15) is 0 Å². The highest BCUT2D eigenvalue weighted by Crippen LogP contribution is 2.42. The first-order valence-corrected chi connectivity index (χ1v) is 20.1. The lowest BCUT2D eigenvalue weighted by atomic mass is 10.0. The third kappa shape index (κ3) is 4.99. The summed E-state index contributed by atoms with van der Waals surface area (Å²) in [6.07, 6.45) is 0. The molecule has 5 heteroatoms. The van der Waals surface area contributed by atoms with Crippen LogP contribution in [0, 0.1) is 0 Å². The van der Waals surface area contributed by atoms with Crippen LogP contribution < -0.4 is 0 Å². The summed E-state index contributed by atoms with van der Waals surface area (Å²) in [7, 11) is 0. The van der Waals surface area contributed by atoms with Crippen LogP contribution in [0.25, 0.3) is 109 Å². The molecule has 0 radical (unpaired) electrons. The van der Waals surface area contributed by atoms with Crippen LogP contribution in [0.15, 0.2) is 194 Å². The summed E-state index contributed by atoms with van der Waals surface area (Å²) in [5.41, 5.74) is 12.0. The number of thiophene rings is 1. The minimum absolute atomic E-state index is 0.650. The van der Waals surface area contributed by atoms with Gasteiger partial charge in [-0.15, -0.1) is 11.3 Å². The van der Waals surface area contributed by atoms with Crippen LogP contribution >= 0.6 is 11.3 Å². The molecule has 4 heterocycles. The Morgan fingerprint density at radius 1 is 0.351 bits per heavy atom. The van der Waals surface area contributed by atoms with E-state index in [-0.39, 0.29) is 0 Å². The van der Waals surface area contributed by atoms with Gasteiger partial charge in [-0.25, -0.2) is 9.97 Å². The quantitative estimate of drug-likeness (QED) is 0.176. The van der Waals surface area contributed by atoms with Crippen molar-refractivity contribution in [1.82, 2.24) is 19.1 Å². The molecule has 0 aliphatic carbocycles. The van der Waals surface area contributed by atoms with Gasteiger partial charge >= 0.3 is 0 Å². The third-order valence-electron chi connectivity index (χ3n) is 11.4. The zero-order valence-electron chi connectivity index (χ0n) is 30.7. The fourth-order valence-electron chi connectivity index (χ4n) is 8.79. The van der Waals surface area contributed by atoms with E-state index >= 15 is 0 Å². The summed E-state index contributed by atoms with van der Waals surface area (Å²) < 4.78 is 7.14. The first-order valence-electron chi connectivity index (χ1n) is 19.2. The lowest BCUT2D eigenvalue weighted by Gasteiger charge is -2.13. The Labute approximate surface area is 332 Å². The lowest BCUT2D eigenvalue weighted by molar-refractivity contribution is 0.996. The Kier molecular flexibility index (Phi) is 7.06. The van der Waals surface area contributed by atoms with Crippen molar-refractivity contribution < 1.29 is 0 Å². The Balaban J connectivity index is 1.07. The van der Waals surface area contributed by atoms with Gasteiger partial charge in [0.1, 0.15) is 0 Å². The molecule has 4 aromatic heterocycles. The molecule has 0 unspecified atom stereocenters. The van der Waals surface area contributed by atoms with E-state index in [0.29, 0.717) is 5.95 Å². The van der Waals surface area contributed by atoms with Crippen molar-refractivity contribution >= 4 is 75.1 Å². The summed E-state index contributed by atoms with van der Waals surface area (Å²) in [4.78, 5) is 10.8. The molecule has 0 aliphatic rings. The molecule has 12 rings (SSSR count). The average Bonchev–Trinajstić information content (AvgIpc) is 3.94. The Hall–Kier alpha value is -7.34. The van der Waals surface area contributed by atoms with Gasteiger partial charge in [-0.3, -0.25) is 4.57 Å². The van der Waals surface area contributed by atoms with Crippen LogP contribution in [-0.2, 0) is 0 Å². The normalized spacial score (nSPS) is 11.9. The smallest absolute Gasteiger partial charge is 0.235 e. The van der Waals surface area contributed by atoms with Gasteiger partial charge in [0.05, 0.1) is 33.5 Å². The molecule has 57 heavy (non-hydrogen) atoms. The summed E-state index contributed by atoms with van der Waals surface area (Å²) in [5.74, 6) is 0.650. The maximum Gasteiger partial charge on any atom is 0.235 e. The summed E-state index contributed by atoms with van der Waals surface area (Å²) in [6, 6.07) is 69.5. The zero-order valence-corrected chi connectivity index (χ0v) is 31.5. The van der Waals surface area contributed by atoms with Crippen LogP contribution in [0.1, 0.15) is 0 Å². The van der Waals surface area contributed by atoms with Crippen molar-refractivity contribution in [2.75, 3.05) is 0 Å². The number of hydrogen-bond donors (Lipinski definition) is 0. The standard InChI is InChI=1S/C52H32N4S/c1-3-14-33(15-4-1)43-32-44(39-21-13-25-50-51(39)40-20-9-12-24-49(40)57-50)54-52(53-43)56-46-23-11-8-19-38(46)42-31-35(27-29-48(42)56)34-26-28-47-41(30-34)37-18-7-10-22-45(37)55(47)36-16-5-2-6-17-36/h1-32H. The monoisotopic (exact) mass is 744 g/mol. The third-order valence-corrected chi connectivity index (χ3v) is 12.5. The topological polar surface area (TPSA) is 35.6 Å². The minimum atomic E-state index is 0.650. The van der Waals surface area contributed by atoms with Gasteiger partial charge in [0, 0.05) is 58.5 Å². The van der Waals surface area contributed by atoms with E-state index in [1.807, 2.05) is 17.4 Å². The second kappa shape index (κ2) is 12.6. The minimum Gasteiger partial charge on any atom is -0.309 e. The second-order valence-electron chi connectivity index (χ2n) is 14.6. The van der Waals surface area contributed by atoms with Crippen molar-refractivity contribution in [3.8, 4) is 45.3 Å². The van der Waals surface area contributed by atoms with Gasteiger partial charge in [0.25, 0.3) is 0 Å². The van der Waals surface area contributed by atoms with E-state index < -0.39 is 0 Å². The number of para-hydroxylation sites is 3. The number of hydrogen-bond acceptors (Lipinski definition) is 3. The number of benzene rings is 8. The van der Waals surface area contributed by atoms with E-state index in [2.05, 4.69) is 197 Å². The lowest BCUT2D eigenvalue weighted by Crippen LogP contribution is -2.04. The van der Waals surface area contributed by atoms with Gasteiger partial charge in [-0.1, -0.05) is 127 Å². The predicted molar refractivity (Wildman–Crippen MR) is 240 cm³/mol. The van der Waals surface area contributed by atoms with Gasteiger partial charge < -0.3 is 4.57 Å². The maximum absolute atomic E-state index is 5.43. The largest absolute Gasteiger partial charge is 0.309 e. The molecule has 8 aromatic carbocycles. The van der Waals surface area contributed by atoms with Gasteiger partial charge in [0.2, 0.25) is 5.95 Å². The van der Waals surface area contributed by atoms with Gasteiger partial charge in [0.15, 0.2) is 0 Å². The molecule has 266 valence electrons. The van der Waals surface area contributed by atoms with Crippen LogP contribution in [0.4, 0.5) is 0 Å². The van der Waals surface area contributed by atoms with E-state index in [1.54, 1.807) is 0 Å². The van der Waals surface area contributed by atoms with Crippen LogP contribution in [0.2, 0.25) is 0 Å². The van der Waals surface area contributed by atoms with Crippen molar-refractivity contribution in [2.45, 2.75) is 0 Å². The van der Waals surface area contributed by atoms with Gasteiger partial charge in [-0.05, 0) is 77.9 Å². The predicted octanol–water partition coefficient (Wildman–Crippen LogP) is 14.0. The highest BCUT2D eigenvalue weighted by Gasteiger charge is 2.20. The molecule has 0 saturated carbocycles. The van der Waals surface area contributed by atoms with Crippen LogP contribution in [0.5, 0.6) is 0 Å². The summed E-state index contributed by atoms with van der Waals surface area (Å²) >= 11 is 1.83. The number of nitrogens with zero attached hydrogens (tertiary/aromatic N) is 4. The summed E-state index contributed by atoms with van der Waals surface area (Å²) in [6.45, 7) is 0. The molecule has 0 spiro atoms. The molecule has 0 N–H and O–H groups in total. The Morgan fingerprint density at radius 3 is 1.61 bits per heavy atom. The van der Waals surface area contributed by atoms with Gasteiger partial charge in [-0.2, -0.15) is 0 Å². The molecule has 0 saturated heterocycles. The number of aromatic nitrogens is 4. The fraction of sp³-hybridized carbons (Fsp3) is 0. The highest BCUT2D eigenvalue weighted by atomic mass is 32.1. The Morgan fingerprint density at radius 2 is 0.895 bits per heavy atom. The molecule has 0 bridgehead atoms. The van der Waals surface area contributed by atoms with Crippen LogP contribution in [0.3, 0.4) is 0 Å². The van der Waals surface area contributed by atoms with Crippen molar-refractivity contribution in [1.29, 1.82) is 0 Å². The molecule has 0 fully saturated rings. The Bertz CT molecular complexity index is 3520. The highest BCUT2D eigenvalue weighted by molar-refractivity contribution is 7.25. The zero-order chi connectivity index (χ0) is 37.5. The van der Waals surface area contributed by atoms with Crippen LogP contribution in [-0.4, -0.2) is 19.1 Å². The van der Waals surface area contributed by atoms with E-state index in [1.165, 1.54) is 53.1 Å². The molecule has 0 atom stereocenters. The van der Waals surface area contributed by atoms with Crippen molar-refractivity contribution in [3.63, 3.8) is 0 Å². The van der Waals surface area contributed by atoms with Crippen molar-refractivity contribution in [3.05, 3.63) is 194 Å². The number of fused-ring (bicyclic) bond motifs is 9. The molecule has 12 aromatic rings. The first kappa shape index (κ1) is 32.0. The SMILES string of the molecule is c1ccc(-c2cc(-c3cccc4sc5ccccc5c34)nc(-n3c4ccccc4c4cc(-c5ccc6c(c5)c5ccccc5n6-c5ccccc5)ccc43)n2)cc1. The average molecular weight is 745 g/mol. The second-order valence-corrected chi connectivity index (χ2v) is 15.7. The molecular weight excluding hydrogens is 713 g/mol.